The first kappa shape index (κ1) is 17.0. The molecule has 1 aliphatic heterocycles. The van der Waals surface area contributed by atoms with E-state index in [2.05, 4.69) is 21.2 Å². The Balaban J connectivity index is 1.81. The number of carbonyl (C=O) groups excluding carboxylic acids is 1. The summed E-state index contributed by atoms with van der Waals surface area (Å²) in [7, 11) is 1.67. The molecule has 5 heteroatoms. The van der Waals surface area contributed by atoms with Gasteiger partial charge in [-0.15, -0.1) is 0 Å². The molecule has 1 heterocycles. The van der Waals surface area contributed by atoms with Crippen molar-refractivity contribution in [2.24, 2.45) is 0 Å². The van der Waals surface area contributed by atoms with Crippen LogP contribution in [0.25, 0.3) is 0 Å². The van der Waals surface area contributed by atoms with Crippen LogP contribution >= 0.6 is 15.9 Å². The molecular weight excluding hydrogens is 368 g/mol. The Labute approximate surface area is 150 Å². The van der Waals surface area contributed by atoms with E-state index in [1.807, 2.05) is 53.4 Å². The third-order valence-electron chi connectivity index (χ3n) is 4.33. The number of para-hydroxylation sites is 1. The van der Waals surface area contributed by atoms with Gasteiger partial charge in [0.15, 0.2) is 0 Å². The largest absolute Gasteiger partial charge is 0.496 e. The van der Waals surface area contributed by atoms with Crippen molar-refractivity contribution >= 4 is 21.8 Å². The maximum absolute atomic E-state index is 12.9. The molecule has 0 bridgehead atoms. The Hall–Kier alpha value is -1.85. The Morgan fingerprint density at radius 3 is 2.75 bits per heavy atom. The lowest BCUT2D eigenvalue weighted by molar-refractivity contribution is -0.133. The number of ether oxygens (including phenoxy) is 1. The Kier molecular flexibility index (Phi) is 5.53. The smallest absolute Gasteiger partial charge is 0.227 e. The van der Waals surface area contributed by atoms with Gasteiger partial charge in [-0.3, -0.25) is 4.79 Å². The molecule has 3 rings (SSSR count). The molecule has 1 unspecified atom stereocenters. The summed E-state index contributed by atoms with van der Waals surface area (Å²) in [6.45, 7) is 2.27. The number of halogens is 1. The highest BCUT2D eigenvalue weighted by Gasteiger charge is 2.29. The molecule has 4 nitrogen and oxygen atoms in total. The number of hydrogen-bond acceptors (Lipinski definition) is 3. The molecule has 24 heavy (non-hydrogen) atoms. The number of amides is 1. The molecule has 1 amide bonds. The third kappa shape index (κ3) is 3.79. The van der Waals surface area contributed by atoms with Crippen molar-refractivity contribution in [3.63, 3.8) is 0 Å². The lowest BCUT2D eigenvalue weighted by Crippen LogP contribution is -2.49. The summed E-state index contributed by atoms with van der Waals surface area (Å²) in [5.74, 6) is 0.974. The fraction of sp³-hybridized carbons (Fsp3) is 0.316. The van der Waals surface area contributed by atoms with Crippen molar-refractivity contribution in [1.82, 2.24) is 10.2 Å². The van der Waals surface area contributed by atoms with Gasteiger partial charge in [0.1, 0.15) is 5.75 Å². The maximum Gasteiger partial charge on any atom is 0.227 e. The minimum atomic E-state index is -0.00199. The van der Waals surface area contributed by atoms with Gasteiger partial charge in [-0.05, 0) is 23.8 Å². The minimum absolute atomic E-state index is 0.00199. The molecule has 2 aromatic rings. The minimum Gasteiger partial charge on any atom is -0.496 e. The standard InChI is InChI=1S/C19H21BrN2O2/c1-24-18-5-3-2-4-16(18)17-13-21-10-11-22(17)19(23)12-14-6-8-15(20)9-7-14/h2-9,17,21H,10-13H2,1H3. The van der Waals surface area contributed by atoms with E-state index in [-0.39, 0.29) is 11.9 Å². The average Bonchev–Trinajstić information content (AvgIpc) is 2.63. The van der Waals surface area contributed by atoms with Crippen LogP contribution in [-0.4, -0.2) is 37.6 Å². The first-order valence-electron chi connectivity index (χ1n) is 8.06. The molecule has 1 fully saturated rings. The third-order valence-corrected chi connectivity index (χ3v) is 4.86. The van der Waals surface area contributed by atoms with Crippen molar-refractivity contribution in [2.75, 3.05) is 26.7 Å². The van der Waals surface area contributed by atoms with Crippen molar-refractivity contribution in [1.29, 1.82) is 0 Å². The molecule has 0 aliphatic carbocycles. The van der Waals surface area contributed by atoms with E-state index in [1.54, 1.807) is 7.11 Å². The van der Waals surface area contributed by atoms with Gasteiger partial charge in [-0.25, -0.2) is 0 Å². The Bertz CT molecular complexity index is 703. The highest BCUT2D eigenvalue weighted by molar-refractivity contribution is 9.10. The average molecular weight is 389 g/mol. The lowest BCUT2D eigenvalue weighted by Gasteiger charge is -2.37. The van der Waals surface area contributed by atoms with Gasteiger partial charge in [0.05, 0.1) is 19.6 Å². The summed E-state index contributed by atoms with van der Waals surface area (Å²) in [6.07, 6.45) is 0.416. The van der Waals surface area contributed by atoms with Gasteiger partial charge in [-0.2, -0.15) is 0 Å². The topological polar surface area (TPSA) is 41.6 Å². The van der Waals surface area contributed by atoms with Crippen LogP contribution in [0.5, 0.6) is 5.75 Å². The second-order valence-corrected chi connectivity index (χ2v) is 6.77. The monoisotopic (exact) mass is 388 g/mol. The number of rotatable bonds is 4. The van der Waals surface area contributed by atoms with Gasteiger partial charge in [0.25, 0.3) is 0 Å². The summed E-state index contributed by atoms with van der Waals surface area (Å²) in [6, 6.07) is 15.8. The fourth-order valence-corrected chi connectivity index (χ4v) is 3.37. The second-order valence-electron chi connectivity index (χ2n) is 5.85. The van der Waals surface area contributed by atoms with Crippen LogP contribution in [0.1, 0.15) is 17.2 Å². The molecule has 126 valence electrons. The van der Waals surface area contributed by atoms with Gasteiger partial charge in [0, 0.05) is 29.7 Å². The molecule has 1 atom stereocenters. The van der Waals surface area contributed by atoms with E-state index in [0.29, 0.717) is 13.0 Å². The summed E-state index contributed by atoms with van der Waals surface area (Å²) >= 11 is 3.43. The summed E-state index contributed by atoms with van der Waals surface area (Å²) in [5, 5.41) is 3.39. The van der Waals surface area contributed by atoms with E-state index in [4.69, 9.17) is 4.74 Å². The highest BCUT2D eigenvalue weighted by atomic mass is 79.9. The van der Waals surface area contributed by atoms with Crippen molar-refractivity contribution in [3.05, 3.63) is 64.1 Å². The van der Waals surface area contributed by atoms with E-state index < -0.39 is 0 Å². The number of hydrogen-bond donors (Lipinski definition) is 1. The summed E-state index contributed by atoms with van der Waals surface area (Å²) in [4.78, 5) is 14.9. The number of carbonyl (C=O) groups is 1. The number of methoxy groups -OCH3 is 1. The van der Waals surface area contributed by atoms with Gasteiger partial charge < -0.3 is 15.0 Å². The molecule has 0 saturated carbocycles. The van der Waals surface area contributed by atoms with Crippen LogP contribution < -0.4 is 10.1 Å². The normalized spacial score (nSPS) is 17.6. The fourth-order valence-electron chi connectivity index (χ4n) is 3.10. The van der Waals surface area contributed by atoms with Crippen molar-refractivity contribution in [2.45, 2.75) is 12.5 Å². The number of nitrogens with zero attached hydrogens (tertiary/aromatic N) is 1. The van der Waals surface area contributed by atoms with Crippen molar-refractivity contribution in [3.8, 4) is 5.75 Å². The van der Waals surface area contributed by atoms with Gasteiger partial charge in [0.2, 0.25) is 5.91 Å². The quantitative estimate of drug-likeness (QED) is 0.874. The highest BCUT2D eigenvalue weighted by Crippen LogP contribution is 2.30. The molecule has 2 aromatic carbocycles. The van der Waals surface area contributed by atoms with E-state index in [0.717, 1.165) is 34.4 Å². The zero-order valence-corrected chi connectivity index (χ0v) is 15.3. The predicted molar refractivity (Wildman–Crippen MR) is 98.2 cm³/mol. The molecule has 1 aliphatic rings. The molecule has 0 radical (unpaired) electrons. The molecule has 0 aromatic heterocycles. The summed E-state index contributed by atoms with van der Waals surface area (Å²) in [5.41, 5.74) is 2.08. The van der Waals surface area contributed by atoms with Crippen LogP contribution in [0.15, 0.2) is 53.0 Å². The zero-order valence-electron chi connectivity index (χ0n) is 13.7. The Morgan fingerprint density at radius 2 is 2.00 bits per heavy atom. The van der Waals surface area contributed by atoms with E-state index in [9.17, 15) is 4.79 Å². The number of piperazine rings is 1. The van der Waals surface area contributed by atoms with E-state index in [1.165, 1.54) is 0 Å². The first-order chi connectivity index (χ1) is 11.7. The van der Waals surface area contributed by atoms with Gasteiger partial charge in [-0.1, -0.05) is 46.3 Å². The number of nitrogens with one attached hydrogen (secondary N) is 1. The lowest BCUT2D eigenvalue weighted by atomic mass is 10.0. The molecular formula is C19H21BrN2O2. The van der Waals surface area contributed by atoms with Crippen LogP contribution in [0.2, 0.25) is 0 Å². The van der Waals surface area contributed by atoms with Crippen LogP contribution in [0, 0.1) is 0 Å². The van der Waals surface area contributed by atoms with Crippen LogP contribution in [-0.2, 0) is 11.2 Å². The molecule has 1 saturated heterocycles. The van der Waals surface area contributed by atoms with E-state index >= 15 is 0 Å². The van der Waals surface area contributed by atoms with Crippen LogP contribution in [0.3, 0.4) is 0 Å². The van der Waals surface area contributed by atoms with Crippen molar-refractivity contribution < 1.29 is 9.53 Å². The maximum atomic E-state index is 12.9. The zero-order chi connectivity index (χ0) is 16.9. The second kappa shape index (κ2) is 7.81. The molecule has 1 N–H and O–H groups in total. The summed E-state index contributed by atoms with van der Waals surface area (Å²) < 4.78 is 6.51. The Morgan fingerprint density at radius 1 is 1.25 bits per heavy atom. The number of benzene rings is 2. The van der Waals surface area contributed by atoms with Gasteiger partial charge >= 0.3 is 0 Å². The molecule has 0 spiro atoms. The first-order valence-corrected chi connectivity index (χ1v) is 8.86. The van der Waals surface area contributed by atoms with Crippen LogP contribution in [0.4, 0.5) is 0 Å². The predicted octanol–water partition coefficient (Wildman–Crippen LogP) is 3.17. The SMILES string of the molecule is COc1ccccc1C1CNCCN1C(=O)Cc1ccc(Br)cc1.